The number of thiophene rings is 1. The number of rotatable bonds is 4. The van der Waals surface area contributed by atoms with E-state index in [0.717, 1.165) is 37.6 Å². The van der Waals surface area contributed by atoms with Gasteiger partial charge in [0.1, 0.15) is 24.0 Å². The van der Waals surface area contributed by atoms with E-state index in [1.807, 2.05) is 72.8 Å². The van der Waals surface area contributed by atoms with E-state index in [4.69, 9.17) is 15.2 Å². The molecule has 0 unspecified atom stereocenters. The van der Waals surface area contributed by atoms with E-state index in [0.29, 0.717) is 12.2 Å². The fourth-order valence-electron chi connectivity index (χ4n) is 3.74. The van der Waals surface area contributed by atoms with E-state index in [2.05, 4.69) is 12.1 Å². The third kappa shape index (κ3) is 3.18. The van der Waals surface area contributed by atoms with Crippen molar-refractivity contribution in [1.82, 2.24) is 0 Å². The Morgan fingerprint density at radius 3 is 2.63 bits per heavy atom. The minimum absolute atomic E-state index is 0.161. The normalized spacial score (nSPS) is 15.4. The van der Waals surface area contributed by atoms with Crippen LogP contribution in [0.2, 0.25) is 0 Å². The molecule has 0 radical (unpaired) electrons. The summed E-state index contributed by atoms with van der Waals surface area (Å²) in [5.74, 6) is 1.37. The summed E-state index contributed by atoms with van der Waals surface area (Å²) >= 11 is 1.63. The number of nitrogens with two attached hydrogens (primary N) is 1. The molecule has 0 fully saturated rings. The van der Waals surface area contributed by atoms with Crippen molar-refractivity contribution < 1.29 is 9.47 Å². The molecular formula is C25H18N2O2S. The first kappa shape index (κ1) is 18.3. The van der Waals surface area contributed by atoms with Crippen molar-refractivity contribution in [2.24, 2.45) is 5.73 Å². The lowest BCUT2D eigenvalue weighted by Gasteiger charge is -2.24. The first-order valence-electron chi connectivity index (χ1n) is 9.60. The van der Waals surface area contributed by atoms with Gasteiger partial charge in [-0.1, -0.05) is 54.6 Å². The summed E-state index contributed by atoms with van der Waals surface area (Å²) in [6.07, 6.45) is 0. The van der Waals surface area contributed by atoms with Crippen LogP contribution in [0.5, 0.6) is 11.5 Å². The Kier molecular flexibility index (Phi) is 4.62. The molecule has 0 saturated carbocycles. The lowest BCUT2D eigenvalue weighted by molar-refractivity contribution is 0.306. The monoisotopic (exact) mass is 410 g/mol. The Labute approximate surface area is 178 Å². The van der Waals surface area contributed by atoms with E-state index < -0.39 is 0 Å². The van der Waals surface area contributed by atoms with Crippen LogP contribution in [0.1, 0.15) is 21.9 Å². The molecule has 30 heavy (non-hydrogen) atoms. The summed E-state index contributed by atoms with van der Waals surface area (Å²) in [5, 5.41) is 10.8. The van der Waals surface area contributed by atoms with Crippen LogP contribution >= 0.6 is 11.3 Å². The number of benzene rings is 3. The standard InChI is InChI=1S/C25H18N2O2S/c26-14-20-22(24-23(29-25(20)27)19-11-4-5-12-21(19)30-24)17-9-6-10-18(13-17)28-15-16-7-2-1-3-8-16/h1-13,22H,15,27H2/t22-/m0/s1. The van der Waals surface area contributed by atoms with Gasteiger partial charge in [0.25, 0.3) is 0 Å². The molecule has 0 amide bonds. The van der Waals surface area contributed by atoms with Crippen LogP contribution in [0.3, 0.4) is 0 Å². The molecule has 146 valence electrons. The van der Waals surface area contributed by atoms with E-state index in [1.165, 1.54) is 0 Å². The Morgan fingerprint density at radius 1 is 1.00 bits per heavy atom. The van der Waals surface area contributed by atoms with E-state index in [9.17, 15) is 5.26 Å². The van der Waals surface area contributed by atoms with Crippen LogP contribution in [-0.4, -0.2) is 0 Å². The van der Waals surface area contributed by atoms with E-state index >= 15 is 0 Å². The molecular weight excluding hydrogens is 392 g/mol. The van der Waals surface area contributed by atoms with Gasteiger partial charge in [-0.2, -0.15) is 5.26 Å². The lowest BCUT2D eigenvalue weighted by atomic mass is 9.88. The Hall–Kier alpha value is -3.75. The van der Waals surface area contributed by atoms with Crippen molar-refractivity contribution in [3.05, 3.63) is 106 Å². The molecule has 5 rings (SSSR count). The molecule has 1 aromatic heterocycles. The first-order valence-corrected chi connectivity index (χ1v) is 10.4. The topological polar surface area (TPSA) is 68.3 Å². The zero-order chi connectivity index (χ0) is 20.5. The highest BCUT2D eigenvalue weighted by Gasteiger charge is 2.33. The van der Waals surface area contributed by atoms with E-state index in [1.54, 1.807) is 11.3 Å². The zero-order valence-corrected chi connectivity index (χ0v) is 16.9. The number of nitrogens with zero attached hydrogens (tertiary/aromatic N) is 1. The van der Waals surface area contributed by atoms with Gasteiger partial charge in [0, 0.05) is 10.1 Å². The highest BCUT2D eigenvalue weighted by Crippen LogP contribution is 2.50. The second-order valence-corrected chi connectivity index (χ2v) is 8.15. The molecule has 5 heteroatoms. The van der Waals surface area contributed by atoms with Gasteiger partial charge in [-0.3, -0.25) is 0 Å². The fraction of sp³-hybridized carbons (Fsp3) is 0.0800. The Morgan fingerprint density at radius 2 is 1.80 bits per heavy atom. The molecule has 3 aromatic carbocycles. The van der Waals surface area contributed by atoms with Crippen molar-refractivity contribution in [3.63, 3.8) is 0 Å². The highest BCUT2D eigenvalue weighted by atomic mass is 32.1. The van der Waals surface area contributed by atoms with Gasteiger partial charge in [-0.15, -0.1) is 11.3 Å². The number of ether oxygens (including phenoxy) is 2. The van der Waals surface area contributed by atoms with Crippen LogP contribution in [0.4, 0.5) is 0 Å². The fourth-order valence-corrected chi connectivity index (χ4v) is 5.01. The number of hydrogen-bond acceptors (Lipinski definition) is 5. The maximum absolute atomic E-state index is 9.82. The number of fused-ring (bicyclic) bond motifs is 3. The van der Waals surface area contributed by atoms with Crippen LogP contribution in [0.15, 0.2) is 90.3 Å². The third-order valence-electron chi connectivity index (χ3n) is 5.16. The van der Waals surface area contributed by atoms with Gasteiger partial charge >= 0.3 is 0 Å². The maximum atomic E-state index is 9.82. The molecule has 2 N–H and O–H groups in total. The molecule has 1 aliphatic heterocycles. The van der Waals surface area contributed by atoms with Crippen LogP contribution < -0.4 is 15.2 Å². The SMILES string of the molecule is N#CC1=C(N)Oc2c(sc3ccccc23)[C@H]1c1cccc(OCc2ccccc2)c1. The smallest absolute Gasteiger partial charge is 0.205 e. The molecule has 2 heterocycles. The molecule has 0 aliphatic carbocycles. The molecule has 4 nitrogen and oxygen atoms in total. The second-order valence-electron chi connectivity index (χ2n) is 7.06. The van der Waals surface area contributed by atoms with Gasteiger partial charge in [0.15, 0.2) is 5.75 Å². The summed E-state index contributed by atoms with van der Waals surface area (Å²) in [5.41, 5.74) is 8.64. The van der Waals surface area contributed by atoms with Crippen molar-refractivity contribution in [2.75, 3.05) is 0 Å². The molecule has 4 aromatic rings. The number of nitriles is 1. The lowest BCUT2D eigenvalue weighted by Crippen LogP contribution is -2.19. The van der Waals surface area contributed by atoms with Crippen molar-refractivity contribution in [2.45, 2.75) is 12.5 Å². The predicted molar refractivity (Wildman–Crippen MR) is 118 cm³/mol. The largest absolute Gasteiger partial charge is 0.489 e. The first-order chi connectivity index (χ1) is 14.7. The summed E-state index contributed by atoms with van der Waals surface area (Å²) < 4.78 is 13.0. The van der Waals surface area contributed by atoms with Crippen LogP contribution in [-0.2, 0) is 6.61 Å². The van der Waals surface area contributed by atoms with Gasteiger partial charge in [-0.05, 0) is 35.4 Å². The summed E-state index contributed by atoms with van der Waals surface area (Å²) in [4.78, 5) is 0.988. The average Bonchev–Trinajstić information content (AvgIpc) is 3.15. The zero-order valence-electron chi connectivity index (χ0n) is 16.0. The van der Waals surface area contributed by atoms with Crippen LogP contribution in [0, 0.1) is 11.3 Å². The van der Waals surface area contributed by atoms with Crippen LogP contribution in [0.25, 0.3) is 10.1 Å². The average molecular weight is 410 g/mol. The quantitative estimate of drug-likeness (QED) is 0.469. The van der Waals surface area contributed by atoms with Gasteiger partial charge in [0.05, 0.1) is 10.8 Å². The second kappa shape index (κ2) is 7.58. The third-order valence-corrected chi connectivity index (χ3v) is 6.38. The Balaban J connectivity index is 1.55. The predicted octanol–water partition coefficient (Wildman–Crippen LogP) is 5.70. The summed E-state index contributed by atoms with van der Waals surface area (Å²) in [7, 11) is 0. The summed E-state index contributed by atoms with van der Waals surface area (Å²) in [6.45, 7) is 0.481. The number of allylic oxidation sites excluding steroid dienone is 1. The van der Waals surface area contributed by atoms with E-state index in [-0.39, 0.29) is 11.8 Å². The molecule has 0 saturated heterocycles. The Bertz CT molecular complexity index is 1300. The minimum atomic E-state index is -0.281. The van der Waals surface area contributed by atoms with Crippen molar-refractivity contribution in [3.8, 4) is 17.6 Å². The maximum Gasteiger partial charge on any atom is 0.205 e. The summed E-state index contributed by atoms with van der Waals surface area (Å²) in [6, 6.07) is 28.2. The van der Waals surface area contributed by atoms with Gasteiger partial charge < -0.3 is 15.2 Å². The number of hydrogen-bond donors (Lipinski definition) is 1. The molecule has 0 spiro atoms. The molecule has 1 atom stereocenters. The highest BCUT2D eigenvalue weighted by molar-refractivity contribution is 7.19. The van der Waals surface area contributed by atoms with Crippen molar-refractivity contribution >= 4 is 21.4 Å². The van der Waals surface area contributed by atoms with Gasteiger partial charge in [0.2, 0.25) is 5.88 Å². The van der Waals surface area contributed by atoms with Gasteiger partial charge in [-0.25, -0.2) is 0 Å². The minimum Gasteiger partial charge on any atom is -0.489 e. The van der Waals surface area contributed by atoms with Crippen molar-refractivity contribution in [1.29, 1.82) is 5.26 Å². The molecule has 1 aliphatic rings. The molecule has 0 bridgehead atoms.